The summed E-state index contributed by atoms with van der Waals surface area (Å²) in [6.45, 7) is 0. The smallest absolute Gasteiger partial charge is 0.341 e. The third-order valence-corrected chi connectivity index (χ3v) is 2.12. The molecule has 0 N–H and O–H groups in total. The molecule has 0 aromatic carbocycles. The fourth-order valence-electron chi connectivity index (χ4n) is 1.30. The van der Waals surface area contributed by atoms with E-state index in [9.17, 15) is 9.59 Å². The van der Waals surface area contributed by atoms with Gasteiger partial charge < -0.3 is 14.4 Å². The molecule has 0 saturated heterocycles. The van der Waals surface area contributed by atoms with Gasteiger partial charge in [0.1, 0.15) is 11.4 Å². The van der Waals surface area contributed by atoms with Crippen LogP contribution in [0.5, 0.6) is 0 Å². The Morgan fingerprint density at radius 1 is 1.18 bits per heavy atom. The van der Waals surface area contributed by atoms with Crippen LogP contribution in [0.3, 0.4) is 0 Å². The average molecular weight is 238 g/mol. The normalized spacial score (nSPS) is 9.65. The van der Waals surface area contributed by atoms with Crippen molar-refractivity contribution in [2.24, 2.45) is 0 Å². The molecule has 0 saturated carbocycles. The highest BCUT2D eigenvalue weighted by Gasteiger charge is 2.18. The van der Waals surface area contributed by atoms with Crippen LogP contribution in [-0.2, 0) is 9.47 Å². The van der Waals surface area contributed by atoms with Crippen molar-refractivity contribution in [2.45, 2.75) is 0 Å². The Bertz CT molecular complexity index is 443. The van der Waals surface area contributed by atoms with Crippen LogP contribution in [-0.4, -0.2) is 45.2 Å². The predicted octanol–water partition coefficient (Wildman–Crippen LogP) is 0.721. The average Bonchev–Trinajstić information content (AvgIpc) is 2.35. The lowest BCUT2D eigenvalue weighted by Gasteiger charge is -2.15. The van der Waals surface area contributed by atoms with Gasteiger partial charge in [-0.15, -0.1) is 0 Å². The van der Waals surface area contributed by atoms with Gasteiger partial charge in [-0.05, 0) is 6.07 Å². The van der Waals surface area contributed by atoms with E-state index < -0.39 is 11.9 Å². The van der Waals surface area contributed by atoms with Crippen LogP contribution in [0.25, 0.3) is 0 Å². The number of anilines is 1. The number of nitrogens with zero attached hydrogens (tertiary/aromatic N) is 2. The highest BCUT2D eigenvalue weighted by Crippen LogP contribution is 2.18. The molecule has 0 aliphatic heterocycles. The molecule has 0 atom stereocenters. The van der Waals surface area contributed by atoms with Crippen molar-refractivity contribution in [3.63, 3.8) is 0 Å². The van der Waals surface area contributed by atoms with Crippen molar-refractivity contribution in [1.29, 1.82) is 0 Å². The Morgan fingerprint density at radius 3 is 2.24 bits per heavy atom. The van der Waals surface area contributed by atoms with Crippen molar-refractivity contribution in [1.82, 2.24) is 4.98 Å². The molecule has 0 radical (unpaired) electrons. The molecular weight excluding hydrogens is 224 g/mol. The number of pyridine rings is 1. The maximum Gasteiger partial charge on any atom is 0.341 e. The molecule has 0 spiro atoms. The van der Waals surface area contributed by atoms with Gasteiger partial charge in [-0.1, -0.05) is 0 Å². The van der Waals surface area contributed by atoms with Crippen molar-refractivity contribution >= 4 is 17.8 Å². The number of ether oxygens (including phenoxy) is 2. The second-order valence-corrected chi connectivity index (χ2v) is 3.47. The van der Waals surface area contributed by atoms with Crippen LogP contribution >= 0.6 is 0 Å². The second kappa shape index (κ2) is 5.29. The van der Waals surface area contributed by atoms with Gasteiger partial charge in [0.25, 0.3) is 0 Å². The summed E-state index contributed by atoms with van der Waals surface area (Å²) in [5.74, 6) is -0.663. The zero-order valence-corrected chi connectivity index (χ0v) is 10.2. The Balaban J connectivity index is 3.29. The van der Waals surface area contributed by atoms with Gasteiger partial charge in [0.05, 0.1) is 19.8 Å². The van der Waals surface area contributed by atoms with E-state index in [0.717, 1.165) is 0 Å². The molecule has 0 aliphatic carbocycles. The zero-order valence-electron chi connectivity index (χ0n) is 10.2. The molecule has 6 heteroatoms. The summed E-state index contributed by atoms with van der Waals surface area (Å²) in [5, 5.41) is 0. The minimum atomic E-state index is -0.549. The largest absolute Gasteiger partial charge is 0.465 e. The number of carbonyl (C=O) groups excluding carboxylic acids is 2. The Morgan fingerprint density at radius 2 is 1.76 bits per heavy atom. The van der Waals surface area contributed by atoms with Crippen LogP contribution in [0, 0.1) is 0 Å². The van der Waals surface area contributed by atoms with E-state index >= 15 is 0 Å². The van der Waals surface area contributed by atoms with Crippen LogP contribution < -0.4 is 4.90 Å². The minimum Gasteiger partial charge on any atom is -0.465 e. The van der Waals surface area contributed by atoms with Gasteiger partial charge in [-0.2, -0.15) is 0 Å². The fourth-order valence-corrected chi connectivity index (χ4v) is 1.30. The molecule has 6 nitrogen and oxygen atoms in total. The second-order valence-electron chi connectivity index (χ2n) is 3.47. The predicted molar refractivity (Wildman–Crippen MR) is 61.2 cm³/mol. The van der Waals surface area contributed by atoms with Crippen molar-refractivity contribution in [3.8, 4) is 0 Å². The van der Waals surface area contributed by atoms with E-state index in [4.69, 9.17) is 0 Å². The number of methoxy groups -OCH3 is 2. The number of hydrogen-bond acceptors (Lipinski definition) is 6. The first-order valence-corrected chi connectivity index (χ1v) is 4.85. The van der Waals surface area contributed by atoms with Crippen molar-refractivity contribution in [3.05, 3.63) is 23.4 Å². The lowest BCUT2D eigenvalue weighted by Crippen LogP contribution is -2.18. The molecular formula is C11H14N2O4. The lowest BCUT2D eigenvalue weighted by molar-refractivity contribution is 0.0599. The van der Waals surface area contributed by atoms with Gasteiger partial charge in [0.2, 0.25) is 0 Å². The molecule has 17 heavy (non-hydrogen) atoms. The highest BCUT2D eigenvalue weighted by molar-refractivity contribution is 5.98. The van der Waals surface area contributed by atoms with Crippen LogP contribution in [0.1, 0.15) is 20.7 Å². The minimum absolute atomic E-state index is 0.207. The van der Waals surface area contributed by atoms with E-state index in [-0.39, 0.29) is 11.1 Å². The third kappa shape index (κ3) is 2.72. The van der Waals surface area contributed by atoms with Gasteiger partial charge in [0, 0.05) is 20.3 Å². The monoisotopic (exact) mass is 238 g/mol. The molecule has 1 aromatic heterocycles. The third-order valence-electron chi connectivity index (χ3n) is 2.12. The van der Waals surface area contributed by atoms with E-state index in [1.54, 1.807) is 19.0 Å². The summed E-state index contributed by atoms with van der Waals surface area (Å²) in [7, 11) is 6.02. The zero-order chi connectivity index (χ0) is 13.0. The standard InChI is InChI=1S/C11H14N2O4/c1-13(2)9-8(11(15)17-4)5-7(6-12-9)10(14)16-3/h5-6H,1-4H3. The van der Waals surface area contributed by atoms with Crippen molar-refractivity contribution in [2.75, 3.05) is 33.2 Å². The first-order valence-electron chi connectivity index (χ1n) is 4.85. The van der Waals surface area contributed by atoms with Crippen LogP contribution in [0.4, 0.5) is 5.82 Å². The number of rotatable bonds is 3. The number of hydrogen-bond donors (Lipinski definition) is 0. The summed E-state index contributed by atoms with van der Waals surface area (Å²) in [5.41, 5.74) is 0.430. The molecule has 0 amide bonds. The van der Waals surface area contributed by atoms with Gasteiger partial charge in [-0.3, -0.25) is 0 Å². The molecule has 1 aromatic rings. The summed E-state index contributed by atoms with van der Waals surface area (Å²) in [4.78, 5) is 28.6. The van der Waals surface area contributed by atoms with E-state index in [1.807, 2.05) is 0 Å². The fraction of sp³-hybridized carbons (Fsp3) is 0.364. The van der Waals surface area contributed by atoms with Crippen LogP contribution in [0.15, 0.2) is 12.3 Å². The maximum absolute atomic E-state index is 11.6. The summed E-state index contributed by atoms with van der Waals surface area (Å²) >= 11 is 0. The summed E-state index contributed by atoms with van der Waals surface area (Å²) < 4.78 is 9.20. The number of aromatic nitrogens is 1. The van der Waals surface area contributed by atoms with Gasteiger partial charge >= 0.3 is 11.9 Å². The lowest BCUT2D eigenvalue weighted by atomic mass is 10.2. The van der Waals surface area contributed by atoms with Crippen molar-refractivity contribution < 1.29 is 19.1 Å². The quantitative estimate of drug-likeness (QED) is 0.723. The molecule has 0 aliphatic rings. The van der Waals surface area contributed by atoms with Gasteiger partial charge in [0.15, 0.2) is 0 Å². The molecule has 0 fully saturated rings. The van der Waals surface area contributed by atoms with E-state index in [2.05, 4.69) is 14.5 Å². The topological polar surface area (TPSA) is 68.7 Å². The first kappa shape index (κ1) is 13.0. The summed E-state index contributed by atoms with van der Waals surface area (Å²) in [6.07, 6.45) is 1.35. The SMILES string of the molecule is COC(=O)c1cnc(N(C)C)c(C(=O)OC)c1. The van der Waals surface area contributed by atoms with Gasteiger partial charge in [-0.25, -0.2) is 14.6 Å². The van der Waals surface area contributed by atoms with Crippen LogP contribution in [0.2, 0.25) is 0 Å². The maximum atomic E-state index is 11.6. The Labute approximate surface area is 99.2 Å². The Hall–Kier alpha value is -2.11. The first-order chi connectivity index (χ1) is 8.01. The van der Waals surface area contributed by atoms with E-state index in [1.165, 1.54) is 26.5 Å². The molecule has 1 rings (SSSR count). The summed E-state index contributed by atoms with van der Waals surface area (Å²) in [6, 6.07) is 1.40. The number of carbonyl (C=O) groups is 2. The number of esters is 2. The molecule has 92 valence electrons. The highest BCUT2D eigenvalue weighted by atomic mass is 16.5. The molecule has 0 unspecified atom stereocenters. The molecule has 1 heterocycles. The van der Waals surface area contributed by atoms with E-state index in [0.29, 0.717) is 5.82 Å². The Kier molecular flexibility index (Phi) is 4.03. The molecule has 0 bridgehead atoms.